The molecule has 0 spiro atoms. The summed E-state index contributed by atoms with van der Waals surface area (Å²) in [7, 11) is -2.92. The number of thiophene rings is 1. The molecule has 3 heterocycles. The summed E-state index contributed by atoms with van der Waals surface area (Å²) < 4.78 is 15.9. The van der Waals surface area contributed by atoms with Crippen LogP contribution in [0.25, 0.3) is 31.3 Å². The van der Waals surface area contributed by atoms with Gasteiger partial charge in [-0.1, -0.05) is 121 Å². The van der Waals surface area contributed by atoms with Crippen LogP contribution in [-0.4, -0.2) is 8.07 Å². The lowest BCUT2D eigenvalue weighted by Crippen LogP contribution is -2.72. The molecule has 0 radical (unpaired) electrons. The molecule has 0 fully saturated rings. The molecule has 2 aliphatic heterocycles. The Labute approximate surface area is 312 Å². The van der Waals surface area contributed by atoms with Crippen LogP contribution in [0, 0.1) is 0 Å². The molecule has 0 saturated heterocycles. The lowest BCUT2D eigenvalue weighted by atomic mass is 10.0. The highest BCUT2D eigenvalue weighted by Crippen LogP contribution is 2.50. The molecule has 0 bridgehead atoms. The first-order chi connectivity index (χ1) is 26.3. The van der Waals surface area contributed by atoms with Crippen molar-refractivity contribution in [2.75, 3.05) is 4.90 Å². The van der Waals surface area contributed by atoms with Gasteiger partial charge in [-0.05, 0) is 93.0 Å². The first kappa shape index (κ1) is 30.2. The van der Waals surface area contributed by atoms with E-state index >= 15 is 0 Å². The van der Waals surface area contributed by atoms with E-state index in [1.165, 1.54) is 46.5 Å². The van der Waals surface area contributed by atoms with E-state index in [-0.39, 0.29) is 0 Å². The molecule has 250 valence electrons. The summed E-state index contributed by atoms with van der Waals surface area (Å²) in [4.78, 5) is 2.33. The van der Waals surface area contributed by atoms with Crippen LogP contribution in [0.1, 0.15) is 0 Å². The van der Waals surface area contributed by atoms with Gasteiger partial charge in [-0.15, -0.1) is 11.3 Å². The molecule has 1 aromatic heterocycles. The topological polar surface area (TPSA) is 21.7 Å². The van der Waals surface area contributed by atoms with E-state index in [4.69, 9.17) is 9.47 Å². The van der Waals surface area contributed by atoms with Gasteiger partial charge in [0.05, 0.1) is 0 Å². The fourth-order valence-corrected chi connectivity index (χ4v) is 14.8. The lowest BCUT2D eigenvalue weighted by Gasteiger charge is -2.33. The Morgan fingerprint density at radius 1 is 0.415 bits per heavy atom. The highest BCUT2D eigenvalue weighted by atomic mass is 32.1. The molecule has 1 atom stereocenters. The van der Waals surface area contributed by atoms with Crippen molar-refractivity contribution >= 4 is 77.4 Å². The van der Waals surface area contributed by atoms with Crippen molar-refractivity contribution < 1.29 is 9.47 Å². The van der Waals surface area contributed by atoms with Gasteiger partial charge in [0.25, 0.3) is 0 Å². The second-order valence-electron chi connectivity index (χ2n) is 13.6. The summed E-state index contributed by atoms with van der Waals surface area (Å²) in [6.45, 7) is 0. The van der Waals surface area contributed by atoms with Crippen molar-refractivity contribution in [2.24, 2.45) is 0 Å². The number of benzene rings is 8. The van der Waals surface area contributed by atoms with E-state index in [2.05, 4.69) is 169 Å². The van der Waals surface area contributed by atoms with E-state index in [9.17, 15) is 0 Å². The number of rotatable bonds is 5. The van der Waals surface area contributed by atoms with Crippen molar-refractivity contribution in [3.05, 3.63) is 188 Å². The average Bonchev–Trinajstić information content (AvgIpc) is 3.75. The van der Waals surface area contributed by atoms with Crippen molar-refractivity contribution in [1.29, 1.82) is 0 Å². The van der Waals surface area contributed by atoms with E-state index < -0.39 is 8.07 Å². The second kappa shape index (κ2) is 11.8. The van der Waals surface area contributed by atoms with Gasteiger partial charge in [0.2, 0.25) is 0 Å². The zero-order chi connectivity index (χ0) is 34.9. The van der Waals surface area contributed by atoms with Crippen LogP contribution >= 0.6 is 11.3 Å². The van der Waals surface area contributed by atoms with Gasteiger partial charge in [-0.2, -0.15) is 0 Å². The number of anilines is 3. The van der Waals surface area contributed by atoms with Crippen LogP contribution in [0.3, 0.4) is 0 Å². The maximum Gasteiger partial charge on any atom is 0.181 e. The Bertz CT molecular complexity index is 2810. The SMILES string of the molecule is c1ccc(N(c2ccccc2)c2ccc([Si]3(c4ccc5sc6ccccc6c5c4)c4ccccc4-c4c3ccc3c4Oc4ccccc4O3)cc2)cc1. The van der Waals surface area contributed by atoms with E-state index in [0.29, 0.717) is 0 Å². The smallest absolute Gasteiger partial charge is 0.181 e. The number of hydrogen-bond acceptors (Lipinski definition) is 4. The van der Waals surface area contributed by atoms with Crippen molar-refractivity contribution in [3.63, 3.8) is 0 Å². The van der Waals surface area contributed by atoms with Gasteiger partial charge in [0.1, 0.15) is 0 Å². The molecule has 0 aliphatic carbocycles. The molecular formula is C48H31NO2SSi. The molecule has 53 heavy (non-hydrogen) atoms. The van der Waals surface area contributed by atoms with Crippen LogP contribution in [0.2, 0.25) is 0 Å². The van der Waals surface area contributed by atoms with Crippen LogP contribution in [0.5, 0.6) is 23.0 Å². The summed E-state index contributed by atoms with van der Waals surface area (Å²) >= 11 is 1.87. The number of nitrogens with zero attached hydrogens (tertiary/aromatic N) is 1. The normalized spacial score (nSPS) is 15.2. The largest absolute Gasteiger partial charge is 0.449 e. The Morgan fingerprint density at radius 2 is 1.02 bits per heavy atom. The third-order valence-electron chi connectivity index (χ3n) is 10.8. The summed E-state index contributed by atoms with van der Waals surface area (Å²) in [5.41, 5.74) is 5.69. The number of ether oxygens (including phenoxy) is 2. The third kappa shape index (κ3) is 4.51. The minimum absolute atomic E-state index is 0.738. The van der Waals surface area contributed by atoms with Gasteiger partial charge in [0, 0.05) is 42.8 Å². The third-order valence-corrected chi connectivity index (χ3v) is 16.8. The molecule has 5 heteroatoms. The molecular weight excluding hydrogens is 683 g/mol. The van der Waals surface area contributed by atoms with Crippen molar-refractivity contribution in [1.82, 2.24) is 0 Å². The molecule has 11 rings (SSSR count). The van der Waals surface area contributed by atoms with Crippen LogP contribution < -0.4 is 35.1 Å². The number of para-hydroxylation sites is 4. The van der Waals surface area contributed by atoms with Gasteiger partial charge in [-0.25, -0.2) is 0 Å². The quantitative estimate of drug-likeness (QED) is 0.166. The van der Waals surface area contributed by atoms with Gasteiger partial charge < -0.3 is 14.4 Å². The highest BCUT2D eigenvalue weighted by molar-refractivity contribution is 7.26. The molecule has 1 unspecified atom stereocenters. The predicted octanol–water partition coefficient (Wildman–Crippen LogP) is 10.8. The lowest BCUT2D eigenvalue weighted by molar-refractivity contribution is 0.361. The Kier molecular flexibility index (Phi) is 6.74. The summed E-state index contributed by atoms with van der Waals surface area (Å²) in [5, 5.41) is 7.97. The fourth-order valence-electron chi connectivity index (χ4n) is 8.56. The minimum Gasteiger partial charge on any atom is -0.449 e. The van der Waals surface area contributed by atoms with Crippen molar-refractivity contribution in [2.45, 2.75) is 0 Å². The molecule has 0 amide bonds. The standard InChI is InChI=1S/C48H31NO2SSi/c1-3-13-32(14-4-1)49(33-15-5-2-6-16-33)34-23-25-35(26-24-34)53(36-27-29-44-39(31-36)37-17-7-11-21-43(37)52-44)45-22-12-8-18-38(45)47-46(53)30-28-42-48(47)51-41-20-10-9-19-40(41)50-42/h1-31H. The van der Waals surface area contributed by atoms with E-state index in [1.807, 2.05) is 35.6 Å². The molecule has 0 N–H and O–H groups in total. The monoisotopic (exact) mass is 713 g/mol. The molecule has 9 aromatic rings. The second-order valence-corrected chi connectivity index (χ2v) is 18.4. The van der Waals surface area contributed by atoms with E-state index in [0.717, 1.165) is 45.6 Å². The zero-order valence-corrected chi connectivity index (χ0v) is 30.4. The molecule has 8 aromatic carbocycles. The Hall–Kier alpha value is -6.40. The summed E-state index contributed by atoms with van der Waals surface area (Å²) in [6, 6.07) is 68.0. The summed E-state index contributed by atoms with van der Waals surface area (Å²) in [5.74, 6) is 3.02. The van der Waals surface area contributed by atoms with Crippen LogP contribution in [-0.2, 0) is 0 Å². The maximum atomic E-state index is 6.80. The number of fused-ring (bicyclic) bond motifs is 9. The Balaban J connectivity index is 1.18. The minimum atomic E-state index is -2.92. The maximum absolute atomic E-state index is 6.80. The average molecular weight is 714 g/mol. The van der Waals surface area contributed by atoms with E-state index in [1.54, 1.807) is 0 Å². The molecule has 2 aliphatic rings. The fraction of sp³-hybridized carbons (Fsp3) is 0. The van der Waals surface area contributed by atoms with Gasteiger partial charge in [-0.3, -0.25) is 0 Å². The predicted molar refractivity (Wildman–Crippen MR) is 223 cm³/mol. The van der Waals surface area contributed by atoms with Crippen LogP contribution in [0.4, 0.5) is 17.1 Å². The Morgan fingerprint density at radius 3 is 1.79 bits per heavy atom. The first-order valence-corrected chi connectivity index (χ1v) is 20.7. The van der Waals surface area contributed by atoms with Gasteiger partial charge in [0.15, 0.2) is 31.1 Å². The highest BCUT2D eigenvalue weighted by Gasteiger charge is 2.50. The molecule has 3 nitrogen and oxygen atoms in total. The first-order valence-electron chi connectivity index (χ1n) is 17.9. The zero-order valence-electron chi connectivity index (χ0n) is 28.6. The number of hydrogen-bond donors (Lipinski definition) is 0. The summed E-state index contributed by atoms with van der Waals surface area (Å²) in [6.07, 6.45) is 0. The molecule has 0 saturated carbocycles. The van der Waals surface area contributed by atoms with Gasteiger partial charge >= 0.3 is 0 Å². The van der Waals surface area contributed by atoms with Crippen molar-refractivity contribution in [3.8, 4) is 34.1 Å². The van der Waals surface area contributed by atoms with Crippen LogP contribution in [0.15, 0.2) is 188 Å².